The maximum atomic E-state index is 13.4. The Kier molecular flexibility index (Phi) is 8.01. The zero-order chi connectivity index (χ0) is 28.3. The molecule has 0 atom stereocenters. The SMILES string of the molecule is COC(=O)C1=C(C)N(c2cccc(Cl)c2)C(=O)/C1=C/c1ccc(CNC(=O)C(=O)Nc2ccc(C)c(C)c2)o1. The van der Waals surface area contributed by atoms with Crippen molar-refractivity contribution in [2.45, 2.75) is 27.3 Å². The van der Waals surface area contributed by atoms with Gasteiger partial charge in [0.25, 0.3) is 5.91 Å². The first-order chi connectivity index (χ1) is 18.6. The van der Waals surface area contributed by atoms with Crippen LogP contribution in [0.5, 0.6) is 0 Å². The normalized spacial score (nSPS) is 14.1. The highest BCUT2D eigenvalue weighted by Crippen LogP contribution is 2.36. The van der Waals surface area contributed by atoms with Crippen molar-refractivity contribution in [2.75, 3.05) is 17.3 Å². The van der Waals surface area contributed by atoms with Gasteiger partial charge in [0.1, 0.15) is 11.5 Å². The highest BCUT2D eigenvalue weighted by atomic mass is 35.5. The van der Waals surface area contributed by atoms with Gasteiger partial charge in [-0.05, 0) is 80.4 Å². The number of benzene rings is 2. The number of hydrogen-bond donors (Lipinski definition) is 2. The minimum absolute atomic E-state index is 0.0658. The Morgan fingerprint density at radius 1 is 1.00 bits per heavy atom. The predicted octanol–water partition coefficient (Wildman–Crippen LogP) is 4.68. The van der Waals surface area contributed by atoms with Gasteiger partial charge in [0.15, 0.2) is 0 Å². The van der Waals surface area contributed by atoms with Crippen molar-refractivity contribution in [2.24, 2.45) is 0 Å². The summed E-state index contributed by atoms with van der Waals surface area (Å²) in [5.41, 5.74) is 3.63. The molecular formula is C29H26ClN3O6. The van der Waals surface area contributed by atoms with Crippen LogP contribution in [0.25, 0.3) is 6.08 Å². The van der Waals surface area contributed by atoms with Crippen LogP contribution in [0.15, 0.2) is 75.9 Å². The molecule has 0 saturated carbocycles. The zero-order valence-corrected chi connectivity index (χ0v) is 22.5. The van der Waals surface area contributed by atoms with Gasteiger partial charge in [-0.25, -0.2) is 4.79 Å². The molecule has 0 spiro atoms. The number of allylic oxidation sites excluding steroid dienone is 1. The van der Waals surface area contributed by atoms with E-state index in [1.165, 1.54) is 18.1 Å². The number of furan rings is 1. The number of aryl methyl sites for hydroxylation is 2. The Balaban J connectivity index is 1.48. The van der Waals surface area contributed by atoms with E-state index in [9.17, 15) is 19.2 Å². The van der Waals surface area contributed by atoms with Crippen LogP contribution in [-0.4, -0.2) is 30.8 Å². The van der Waals surface area contributed by atoms with Gasteiger partial charge in [-0.2, -0.15) is 0 Å². The largest absolute Gasteiger partial charge is 0.465 e. The first-order valence-corrected chi connectivity index (χ1v) is 12.3. The fourth-order valence-electron chi connectivity index (χ4n) is 4.07. The van der Waals surface area contributed by atoms with E-state index in [4.69, 9.17) is 20.8 Å². The summed E-state index contributed by atoms with van der Waals surface area (Å²) in [5, 5.41) is 5.50. The van der Waals surface area contributed by atoms with Gasteiger partial charge in [-0.3, -0.25) is 19.3 Å². The molecule has 3 amide bonds. The minimum atomic E-state index is -0.834. The lowest BCUT2D eigenvalue weighted by Gasteiger charge is -2.18. The molecule has 1 aromatic heterocycles. The third-order valence-electron chi connectivity index (χ3n) is 6.22. The first-order valence-electron chi connectivity index (χ1n) is 12.0. The Morgan fingerprint density at radius 3 is 2.46 bits per heavy atom. The van der Waals surface area contributed by atoms with E-state index in [0.717, 1.165) is 11.1 Å². The lowest BCUT2D eigenvalue weighted by atomic mass is 10.1. The Morgan fingerprint density at radius 2 is 1.77 bits per heavy atom. The van der Waals surface area contributed by atoms with Crippen LogP contribution in [0, 0.1) is 13.8 Å². The van der Waals surface area contributed by atoms with Crippen LogP contribution in [0.1, 0.15) is 29.6 Å². The van der Waals surface area contributed by atoms with Gasteiger partial charge >= 0.3 is 17.8 Å². The summed E-state index contributed by atoms with van der Waals surface area (Å²) >= 11 is 6.11. The monoisotopic (exact) mass is 547 g/mol. The number of halogens is 1. The summed E-state index contributed by atoms with van der Waals surface area (Å²) in [6.45, 7) is 5.43. The summed E-state index contributed by atoms with van der Waals surface area (Å²) in [5.74, 6) is -2.17. The van der Waals surface area contributed by atoms with Crippen LogP contribution >= 0.6 is 11.6 Å². The highest BCUT2D eigenvalue weighted by molar-refractivity contribution is 6.39. The molecule has 2 N–H and O–H groups in total. The van der Waals surface area contributed by atoms with Gasteiger partial charge in [0.05, 0.1) is 30.5 Å². The molecule has 0 fully saturated rings. The number of methoxy groups -OCH3 is 1. The first kappa shape index (κ1) is 27.4. The molecule has 4 rings (SSSR count). The third kappa shape index (κ3) is 5.94. The van der Waals surface area contributed by atoms with Crippen molar-refractivity contribution in [3.63, 3.8) is 0 Å². The van der Waals surface area contributed by atoms with Crippen molar-refractivity contribution < 1.29 is 28.3 Å². The van der Waals surface area contributed by atoms with Gasteiger partial charge in [-0.1, -0.05) is 23.7 Å². The zero-order valence-electron chi connectivity index (χ0n) is 21.8. The Hall–Kier alpha value is -4.63. The van der Waals surface area contributed by atoms with E-state index in [2.05, 4.69) is 10.6 Å². The van der Waals surface area contributed by atoms with Crippen molar-refractivity contribution in [3.05, 3.63) is 99.1 Å². The van der Waals surface area contributed by atoms with Crippen LogP contribution in [0.4, 0.5) is 11.4 Å². The second kappa shape index (κ2) is 11.4. The number of carbonyl (C=O) groups excluding carboxylic acids is 4. The topological polar surface area (TPSA) is 118 Å². The molecule has 0 radical (unpaired) electrons. The number of ether oxygens (including phenoxy) is 1. The second-order valence-electron chi connectivity index (χ2n) is 8.87. The van der Waals surface area contributed by atoms with E-state index in [-0.39, 0.29) is 23.5 Å². The van der Waals surface area contributed by atoms with Crippen LogP contribution in [0.2, 0.25) is 5.02 Å². The lowest BCUT2D eigenvalue weighted by Crippen LogP contribution is -2.34. The summed E-state index contributed by atoms with van der Waals surface area (Å²) < 4.78 is 10.7. The maximum absolute atomic E-state index is 13.4. The van der Waals surface area contributed by atoms with E-state index in [0.29, 0.717) is 27.9 Å². The molecule has 2 aromatic carbocycles. The van der Waals surface area contributed by atoms with Crippen molar-refractivity contribution in [1.29, 1.82) is 0 Å². The molecule has 3 aromatic rings. The Bertz CT molecular complexity index is 1550. The number of amides is 3. The molecule has 0 bridgehead atoms. The summed E-state index contributed by atoms with van der Waals surface area (Å²) in [4.78, 5) is 51.9. The molecule has 10 heteroatoms. The summed E-state index contributed by atoms with van der Waals surface area (Å²) in [6.07, 6.45) is 1.43. The smallest absolute Gasteiger partial charge is 0.340 e. The average Bonchev–Trinajstić information content (AvgIpc) is 3.45. The summed E-state index contributed by atoms with van der Waals surface area (Å²) in [7, 11) is 1.23. The third-order valence-corrected chi connectivity index (χ3v) is 6.45. The van der Waals surface area contributed by atoms with Gasteiger partial charge in [0.2, 0.25) is 0 Å². The number of nitrogens with one attached hydrogen (secondary N) is 2. The van der Waals surface area contributed by atoms with Gasteiger partial charge in [0, 0.05) is 16.4 Å². The molecule has 1 aliphatic heterocycles. The molecule has 200 valence electrons. The second-order valence-corrected chi connectivity index (χ2v) is 9.31. The van der Waals surface area contributed by atoms with Crippen LogP contribution in [0.3, 0.4) is 0 Å². The Labute approximate surface area is 230 Å². The van der Waals surface area contributed by atoms with Crippen molar-refractivity contribution >= 4 is 52.7 Å². The molecule has 1 aliphatic rings. The summed E-state index contributed by atoms with van der Waals surface area (Å²) in [6, 6.07) is 15.2. The van der Waals surface area contributed by atoms with E-state index in [1.54, 1.807) is 55.5 Å². The number of rotatable bonds is 6. The number of hydrogen-bond acceptors (Lipinski definition) is 6. The molecule has 0 aliphatic carbocycles. The van der Waals surface area contributed by atoms with Gasteiger partial charge < -0.3 is 19.8 Å². The molecule has 0 unspecified atom stereocenters. The molecular weight excluding hydrogens is 522 g/mol. The van der Waals surface area contributed by atoms with Gasteiger partial charge in [-0.15, -0.1) is 0 Å². The lowest BCUT2D eigenvalue weighted by molar-refractivity contribution is -0.136. The number of esters is 1. The van der Waals surface area contributed by atoms with Crippen LogP contribution < -0.4 is 15.5 Å². The van der Waals surface area contributed by atoms with E-state index in [1.807, 2.05) is 19.9 Å². The molecule has 9 nitrogen and oxygen atoms in total. The van der Waals surface area contributed by atoms with Crippen LogP contribution in [-0.2, 0) is 30.5 Å². The quantitative estimate of drug-likeness (QED) is 0.263. The standard InChI is InChI=1S/C29H26ClN3O6/c1-16-8-9-20(12-17(16)2)32-27(35)26(34)31-15-23-11-10-22(39-23)14-24-25(29(37)38-4)18(3)33(28(24)36)21-7-5-6-19(30)13-21/h5-14H,15H2,1-4H3,(H,31,34)(H,32,35)/b24-14+. The minimum Gasteiger partial charge on any atom is -0.465 e. The highest BCUT2D eigenvalue weighted by Gasteiger charge is 2.38. The number of anilines is 2. The van der Waals surface area contributed by atoms with Crippen molar-refractivity contribution in [3.8, 4) is 0 Å². The molecule has 39 heavy (non-hydrogen) atoms. The number of nitrogens with zero attached hydrogens (tertiary/aromatic N) is 1. The van der Waals surface area contributed by atoms with E-state index >= 15 is 0 Å². The fourth-order valence-corrected chi connectivity index (χ4v) is 4.25. The predicted molar refractivity (Wildman–Crippen MR) is 147 cm³/mol. The van der Waals surface area contributed by atoms with E-state index < -0.39 is 23.7 Å². The molecule has 0 saturated heterocycles. The fraction of sp³-hybridized carbons (Fsp3) is 0.172. The maximum Gasteiger partial charge on any atom is 0.340 e. The van der Waals surface area contributed by atoms with Crippen molar-refractivity contribution in [1.82, 2.24) is 5.32 Å². The number of carbonyl (C=O) groups is 4. The molecule has 2 heterocycles. The average molecular weight is 548 g/mol.